The molecule has 4 aliphatic carbocycles. The predicted octanol–water partition coefficient (Wildman–Crippen LogP) is 5.88. The summed E-state index contributed by atoms with van der Waals surface area (Å²) in [5.41, 5.74) is 5.53. The summed E-state index contributed by atoms with van der Waals surface area (Å²) in [6.07, 6.45) is 27.7. The smallest absolute Gasteiger partial charge is 0.335 e. The van der Waals surface area contributed by atoms with E-state index in [0.717, 1.165) is 95.6 Å². The quantitative estimate of drug-likeness (QED) is 0.146. The molecule has 10 nitrogen and oxygen atoms in total. The van der Waals surface area contributed by atoms with E-state index < -0.39 is 12.1 Å². The molecular weight excluding hydrogens is 610 g/mol. The van der Waals surface area contributed by atoms with Gasteiger partial charge in [0.05, 0.1) is 30.5 Å². The van der Waals surface area contributed by atoms with Crippen molar-refractivity contribution in [1.82, 2.24) is 10.6 Å². The van der Waals surface area contributed by atoms with E-state index >= 15 is 0 Å². The number of rotatable bonds is 11. The molecule has 0 aromatic carbocycles. The molecule has 0 aromatic rings. The van der Waals surface area contributed by atoms with Crippen LogP contribution in [0.25, 0.3) is 0 Å². The van der Waals surface area contributed by atoms with Gasteiger partial charge in [0.25, 0.3) is 5.91 Å². The van der Waals surface area contributed by atoms with Crippen molar-refractivity contribution in [3.05, 3.63) is 0 Å². The van der Waals surface area contributed by atoms with E-state index in [1.165, 1.54) is 70.6 Å². The minimum absolute atomic E-state index is 0.0115. The summed E-state index contributed by atoms with van der Waals surface area (Å²) in [5.74, 6) is -0.849. The Morgan fingerprint density at radius 1 is 0.646 bits per heavy atom. The van der Waals surface area contributed by atoms with Crippen LogP contribution in [0.2, 0.25) is 0 Å². The molecule has 10 heteroatoms. The lowest BCUT2D eigenvalue weighted by Gasteiger charge is -2.30. The number of hydrogen-bond donors (Lipinski definition) is 6. The van der Waals surface area contributed by atoms with Crippen LogP contribution in [0.4, 0.5) is 0 Å². The van der Waals surface area contributed by atoms with Crippen LogP contribution in [0.1, 0.15) is 168 Å². The molecule has 6 rings (SSSR count). The van der Waals surface area contributed by atoms with E-state index in [2.05, 4.69) is 24.5 Å². The van der Waals surface area contributed by atoms with Crippen molar-refractivity contribution < 1.29 is 34.4 Å². The number of amides is 1. The lowest BCUT2D eigenvalue weighted by Crippen LogP contribution is -2.46. The van der Waals surface area contributed by atoms with E-state index in [9.17, 15) is 14.7 Å². The van der Waals surface area contributed by atoms with Gasteiger partial charge in [-0.1, -0.05) is 104 Å². The third kappa shape index (κ3) is 16.2. The number of epoxide rings is 2. The van der Waals surface area contributed by atoms with Gasteiger partial charge in [0.2, 0.25) is 0 Å². The van der Waals surface area contributed by atoms with Crippen molar-refractivity contribution in [2.45, 2.75) is 229 Å². The topological polar surface area (TPSA) is 170 Å². The monoisotopic (exact) mass is 682 g/mol. The number of carboxylic acids is 1. The summed E-state index contributed by atoms with van der Waals surface area (Å²) in [5, 5.41) is 34.0. The molecule has 2 heterocycles. The number of carboxylic acid groups (broad SMARTS) is 1. The molecule has 8 atom stereocenters. The zero-order chi connectivity index (χ0) is 34.7. The summed E-state index contributed by atoms with van der Waals surface area (Å²) in [6.45, 7) is 4.22. The zero-order valence-corrected chi connectivity index (χ0v) is 30.3. The first-order valence-corrected chi connectivity index (χ1v) is 19.9. The maximum absolute atomic E-state index is 11.8. The molecule has 0 spiro atoms. The first-order valence-electron chi connectivity index (χ1n) is 19.9. The highest BCUT2D eigenvalue weighted by Gasteiger charge is 2.45. The van der Waals surface area contributed by atoms with Crippen LogP contribution in [0.5, 0.6) is 0 Å². The molecule has 0 aromatic heterocycles. The Morgan fingerprint density at radius 3 is 1.54 bits per heavy atom. The third-order valence-electron chi connectivity index (χ3n) is 10.9. The van der Waals surface area contributed by atoms with Gasteiger partial charge in [-0.2, -0.15) is 0 Å². The largest absolute Gasteiger partial charge is 0.479 e. The van der Waals surface area contributed by atoms with E-state index in [1.807, 2.05) is 0 Å². The molecule has 48 heavy (non-hydrogen) atoms. The number of carbonyl (C=O) groups is 2. The minimum Gasteiger partial charge on any atom is -0.479 e. The molecule has 4 saturated carbocycles. The number of aliphatic hydroxyl groups excluding tert-OH is 2. The molecular formula is C38H71N3O7. The standard InChI is InChI=1S/C13H23NO3.C12H23N.C7H12O3.C6H13NO/c1-2-3-8-11-12(17-11)13(16)14-9-6-4-5-7-10(9)15;1-3-7-11(8-4-1)13-12-9-5-2-6-10-12;1-2-3-4-5-6(10-5)7(8)9;7-5-3-1-2-4-6(5)8/h9-12,15H,2-8H2,1H3,(H,14,16);11-13H,1-10H2;5-6H,2-4H2,1H3,(H,8,9);5-6,8H,1-4,7H2/t9-,10-,11+,12-;;5-,6+;5-,6-/m0.10/s1. The average molecular weight is 682 g/mol. The summed E-state index contributed by atoms with van der Waals surface area (Å²) in [4.78, 5) is 22.1. The van der Waals surface area contributed by atoms with Crippen molar-refractivity contribution in [1.29, 1.82) is 0 Å². The van der Waals surface area contributed by atoms with Crippen molar-refractivity contribution in [3.8, 4) is 0 Å². The molecule has 6 aliphatic rings. The van der Waals surface area contributed by atoms with E-state index in [-0.39, 0.29) is 48.5 Å². The number of carbonyl (C=O) groups excluding carboxylic acids is 1. The number of ether oxygens (including phenoxy) is 2. The molecule has 2 aliphatic heterocycles. The Balaban J connectivity index is 0.000000180. The predicted molar refractivity (Wildman–Crippen MR) is 190 cm³/mol. The lowest BCUT2D eigenvalue weighted by atomic mass is 9.91. The summed E-state index contributed by atoms with van der Waals surface area (Å²) in [7, 11) is 0. The Kier molecular flexibility index (Phi) is 19.9. The van der Waals surface area contributed by atoms with E-state index in [1.54, 1.807) is 0 Å². The van der Waals surface area contributed by atoms with Gasteiger partial charge in [0.15, 0.2) is 12.2 Å². The molecule has 2 saturated heterocycles. The fourth-order valence-electron chi connectivity index (χ4n) is 7.54. The van der Waals surface area contributed by atoms with Gasteiger partial charge in [0.1, 0.15) is 0 Å². The molecule has 1 amide bonds. The molecule has 0 radical (unpaired) electrons. The average Bonchev–Trinajstić information content (AvgIpc) is 4.03. The van der Waals surface area contributed by atoms with Crippen molar-refractivity contribution in [2.75, 3.05) is 0 Å². The number of hydrogen-bond acceptors (Lipinski definition) is 8. The van der Waals surface area contributed by atoms with Gasteiger partial charge in [-0.05, 0) is 64.2 Å². The highest BCUT2D eigenvalue weighted by atomic mass is 16.6. The van der Waals surface area contributed by atoms with Crippen LogP contribution >= 0.6 is 0 Å². The number of nitrogens with two attached hydrogens (primary N) is 1. The van der Waals surface area contributed by atoms with Gasteiger partial charge in [-0.15, -0.1) is 0 Å². The first kappa shape index (κ1) is 41.1. The zero-order valence-electron chi connectivity index (χ0n) is 30.3. The van der Waals surface area contributed by atoms with Crippen molar-refractivity contribution in [3.63, 3.8) is 0 Å². The molecule has 280 valence electrons. The van der Waals surface area contributed by atoms with E-state index in [0.29, 0.717) is 0 Å². The number of nitrogens with one attached hydrogen (secondary N) is 2. The Morgan fingerprint density at radius 2 is 1.10 bits per heavy atom. The van der Waals surface area contributed by atoms with E-state index in [4.69, 9.17) is 25.4 Å². The van der Waals surface area contributed by atoms with Crippen molar-refractivity contribution >= 4 is 11.9 Å². The first-order chi connectivity index (χ1) is 23.2. The van der Waals surface area contributed by atoms with Crippen LogP contribution in [0.15, 0.2) is 0 Å². The molecule has 0 unspecified atom stereocenters. The highest BCUT2D eigenvalue weighted by molar-refractivity contribution is 5.84. The Labute approximate surface area is 291 Å². The SMILES string of the molecule is C1CCC(NC2CCCCC2)CC1.CCCC[C@H]1O[C@@H]1C(=O)N[C@H]1CCCC[C@@H]1O.CCCC[C@H]1O[C@@H]1C(=O)O.N[C@H]1CCCC[C@@H]1O. The minimum atomic E-state index is -0.818. The number of unbranched alkanes of at least 4 members (excludes halogenated alkanes) is 2. The summed E-state index contributed by atoms with van der Waals surface area (Å²) in [6, 6.07) is 1.74. The van der Waals surface area contributed by atoms with Crippen LogP contribution in [0, 0.1) is 0 Å². The van der Waals surface area contributed by atoms with Crippen LogP contribution in [0.3, 0.4) is 0 Å². The van der Waals surface area contributed by atoms with Crippen LogP contribution in [-0.2, 0) is 19.1 Å². The molecule has 0 bridgehead atoms. The van der Waals surface area contributed by atoms with Gasteiger partial charge in [-0.25, -0.2) is 4.79 Å². The van der Waals surface area contributed by atoms with Crippen molar-refractivity contribution in [2.24, 2.45) is 5.73 Å². The fraction of sp³-hybridized carbons (Fsp3) is 0.947. The molecule has 7 N–H and O–H groups in total. The maximum atomic E-state index is 11.8. The summed E-state index contributed by atoms with van der Waals surface area (Å²) >= 11 is 0. The second kappa shape index (κ2) is 23.2. The van der Waals surface area contributed by atoms with Crippen LogP contribution in [-0.4, -0.2) is 88.0 Å². The lowest BCUT2D eigenvalue weighted by molar-refractivity contribution is -0.138. The van der Waals surface area contributed by atoms with Crippen LogP contribution < -0.4 is 16.4 Å². The second-order valence-electron chi connectivity index (χ2n) is 15.1. The molecule has 6 fully saturated rings. The van der Waals surface area contributed by atoms with Gasteiger partial charge in [-0.3, -0.25) is 4.79 Å². The van der Waals surface area contributed by atoms with Gasteiger partial charge >= 0.3 is 5.97 Å². The summed E-state index contributed by atoms with van der Waals surface area (Å²) < 4.78 is 10.2. The highest BCUT2D eigenvalue weighted by Crippen LogP contribution is 2.29. The van der Waals surface area contributed by atoms with Gasteiger partial charge < -0.3 is 41.2 Å². The number of aliphatic hydroxyl groups is 2. The normalized spacial score (nSPS) is 33.4. The third-order valence-corrected chi connectivity index (χ3v) is 10.9. The maximum Gasteiger partial charge on any atom is 0.335 e. The van der Waals surface area contributed by atoms with Gasteiger partial charge in [0, 0.05) is 18.1 Å². The fourth-order valence-corrected chi connectivity index (χ4v) is 7.54. The second-order valence-corrected chi connectivity index (χ2v) is 15.1. The Bertz CT molecular complexity index is 856. The Hall–Kier alpha value is -1.30. The number of aliphatic carboxylic acids is 1.